The number of rotatable bonds is 1. The molecule has 0 fully saturated rings. The van der Waals surface area contributed by atoms with Crippen molar-refractivity contribution in [1.29, 1.82) is 0 Å². The molecule has 0 radical (unpaired) electrons. The van der Waals surface area contributed by atoms with Crippen LogP contribution >= 0.6 is 0 Å². The highest BCUT2D eigenvalue weighted by molar-refractivity contribution is 6.07. The van der Waals surface area contributed by atoms with Gasteiger partial charge in [0, 0.05) is 39.9 Å². The molecule has 0 atom stereocenters. The lowest BCUT2D eigenvalue weighted by atomic mass is 10.1. The quantitative estimate of drug-likeness (QED) is 0.468. The number of nitrogens with one attached hydrogen (secondary N) is 1. The lowest BCUT2D eigenvalue weighted by Crippen LogP contribution is -1.94. The molecular weight excluding hydrogens is 290 g/mol. The summed E-state index contributed by atoms with van der Waals surface area (Å²) in [4.78, 5) is 17.1. The van der Waals surface area contributed by atoms with E-state index in [4.69, 9.17) is 10.8 Å². The first-order valence-corrected chi connectivity index (χ1v) is 7.04. The minimum atomic E-state index is -0.942. The molecule has 0 saturated carbocycles. The molecule has 5 heteroatoms. The van der Waals surface area contributed by atoms with E-state index in [0.717, 1.165) is 16.7 Å². The molecule has 0 unspecified atom stereocenters. The minimum Gasteiger partial charge on any atom is -0.478 e. The van der Waals surface area contributed by atoms with Crippen molar-refractivity contribution in [2.75, 3.05) is 5.73 Å². The summed E-state index contributed by atoms with van der Waals surface area (Å²) in [5.74, 6) is -0.942. The van der Waals surface area contributed by atoms with Gasteiger partial charge in [-0.15, -0.1) is 0 Å². The molecule has 4 aromatic rings. The van der Waals surface area contributed by atoms with Gasteiger partial charge < -0.3 is 15.8 Å². The Morgan fingerprint density at radius 1 is 1.00 bits per heavy atom. The van der Waals surface area contributed by atoms with Crippen molar-refractivity contribution in [3.63, 3.8) is 0 Å². The lowest BCUT2D eigenvalue weighted by Gasteiger charge is -1.92. The molecule has 2 aromatic carbocycles. The van der Waals surface area contributed by atoms with Gasteiger partial charge in [-0.1, -0.05) is 24.3 Å². The molecule has 0 aliphatic heterocycles. The van der Waals surface area contributed by atoms with Gasteiger partial charge >= 0.3 is 5.97 Å². The maximum Gasteiger partial charge on any atom is 0.337 e. The second kappa shape index (κ2) is 6.19. The number of carboxylic acids is 1. The number of nitrogen functional groups attached to an aromatic ring is 1. The fraction of sp³-hybridized carbons (Fsp3) is 0. The second-order valence-corrected chi connectivity index (χ2v) is 5.02. The van der Waals surface area contributed by atoms with E-state index in [0.29, 0.717) is 0 Å². The van der Waals surface area contributed by atoms with Crippen LogP contribution in [-0.2, 0) is 0 Å². The zero-order valence-electron chi connectivity index (χ0n) is 12.2. The maximum absolute atomic E-state index is 10.2. The van der Waals surface area contributed by atoms with Gasteiger partial charge in [0.05, 0.1) is 5.56 Å². The molecule has 114 valence electrons. The Balaban J connectivity index is 0.000000151. The summed E-state index contributed by atoms with van der Waals surface area (Å²) in [5, 5.41) is 10.8. The Bertz CT molecular complexity index is 962. The van der Waals surface area contributed by atoms with Crippen LogP contribution in [0.4, 0.5) is 5.69 Å². The molecule has 0 amide bonds. The SMILES string of the molecule is Nc1ccc2c(c1)[nH]c1ccccc12.O=C(O)c1cccnc1. The number of hydrogen-bond donors (Lipinski definition) is 3. The molecular formula is C18H15N3O2. The molecule has 0 spiro atoms. The van der Waals surface area contributed by atoms with Gasteiger partial charge in [0.15, 0.2) is 0 Å². The van der Waals surface area contributed by atoms with Crippen molar-refractivity contribution in [2.45, 2.75) is 0 Å². The Kier molecular flexibility index (Phi) is 3.93. The normalized spacial score (nSPS) is 10.3. The van der Waals surface area contributed by atoms with Crippen LogP contribution in [0.25, 0.3) is 21.8 Å². The van der Waals surface area contributed by atoms with Crippen LogP contribution in [0.2, 0.25) is 0 Å². The third-order valence-corrected chi connectivity index (χ3v) is 3.44. The lowest BCUT2D eigenvalue weighted by molar-refractivity contribution is 0.0696. The highest BCUT2D eigenvalue weighted by atomic mass is 16.4. The zero-order valence-corrected chi connectivity index (χ0v) is 12.2. The summed E-state index contributed by atoms with van der Waals surface area (Å²) in [6.45, 7) is 0. The molecule has 0 aliphatic rings. The second-order valence-electron chi connectivity index (χ2n) is 5.02. The van der Waals surface area contributed by atoms with Crippen molar-refractivity contribution in [3.8, 4) is 0 Å². The van der Waals surface area contributed by atoms with Crippen LogP contribution in [0.1, 0.15) is 10.4 Å². The highest BCUT2D eigenvalue weighted by Crippen LogP contribution is 2.26. The third kappa shape index (κ3) is 3.13. The number of para-hydroxylation sites is 1. The van der Waals surface area contributed by atoms with Crippen LogP contribution in [-0.4, -0.2) is 21.0 Å². The van der Waals surface area contributed by atoms with Gasteiger partial charge in [0.25, 0.3) is 0 Å². The number of carbonyl (C=O) groups is 1. The summed E-state index contributed by atoms with van der Waals surface area (Å²) in [7, 11) is 0. The first kappa shape index (κ1) is 14.6. The number of benzene rings is 2. The molecule has 2 aromatic heterocycles. The molecule has 2 heterocycles. The van der Waals surface area contributed by atoms with E-state index in [1.807, 2.05) is 24.3 Å². The summed E-state index contributed by atoms with van der Waals surface area (Å²) in [6.07, 6.45) is 2.84. The molecule has 4 N–H and O–H groups in total. The third-order valence-electron chi connectivity index (χ3n) is 3.44. The molecule has 0 aliphatic carbocycles. The Labute approximate surface area is 132 Å². The van der Waals surface area contributed by atoms with E-state index in [1.165, 1.54) is 29.2 Å². The molecule has 0 saturated heterocycles. The van der Waals surface area contributed by atoms with Crippen LogP contribution in [0.15, 0.2) is 67.0 Å². The number of carboxylic acid groups (broad SMARTS) is 1. The number of aromatic amines is 1. The largest absolute Gasteiger partial charge is 0.478 e. The van der Waals surface area contributed by atoms with Gasteiger partial charge in [-0.25, -0.2) is 4.79 Å². The summed E-state index contributed by atoms with van der Waals surface area (Å²) in [5.41, 5.74) is 9.00. The highest BCUT2D eigenvalue weighted by Gasteiger charge is 2.02. The predicted molar refractivity (Wildman–Crippen MR) is 91.4 cm³/mol. The number of aromatic nitrogens is 2. The summed E-state index contributed by atoms with van der Waals surface area (Å²) < 4.78 is 0. The van der Waals surface area contributed by atoms with E-state index < -0.39 is 5.97 Å². The van der Waals surface area contributed by atoms with E-state index >= 15 is 0 Å². The van der Waals surface area contributed by atoms with Crippen molar-refractivity contribution in [1.82, 2.24) is 9.97 Å². The van der Waals surface area contributed by atoms with Gasteiger partial charge in [-0.3, -0.25) is 4.98 Å². The first-order chi connectivity index (χ1) is 11.1. The fourth-order valence-electron chi connectivity index (χ4n) is 2.36. The first-order valence-electron chi connectivity index (χ1n) is 7.04. The number of H-pyrrole nitrogens is 1. The number of hydrogen-bond acceptors (Lipinski definition) is 3. The zero-order chi connectivity index (χ0) is 16.2. The summed E-state index contributed by atoms with van der Waals surface area (Å²) >= 11 is 0. The Morgan fingerprint density at radius 3 is 2.48 bits per heavy atom. The monoisotopic (exact) mass is 305 g/mol. The van der Waals surface area contributed by atoms with Crippen molar-refractivity contribution in [2.24, 2.45) is 0 Å². The van der Waals surface area contributed by atoms with E-state index in [2.05, 4.69) is 28.2 Å². The number of nitrogens with two attached hydrogens (primary N) is 1. The standard InChI is InChI=1S/C12H10N2.C6H5NO2/c13-8-5-6-10-9-3-1-2-4-11(9)14-12(10)7-8;8-6(9)5-2-1-3-7-4-5/h1-7,14H,13H2;1-4H,(H,8,9). The Morgan fingerprint density at radius 2 is 1.78 bits per heavy atom. The van der Waals surface area contributed by atoms with Crippen LogP contribution in [0.5, 0.6) is 0 Å². The van der Waals surface area contributed by atoms with E-state index in [9.17, 15) is 4.79 Å². The van der Waals surface area contributed by atoms with Gasteiger partial charge in [0.1, 0.15) is 0 Å². The van der Waals surface area contributed by atoms with Gasteiger partial charge in [0.2, 0.25) is 0 Å². The number of anilines is 1. The minimum absolute atomic E-state index is 0.220. The van der Waals surface area contributed by atoms with E-state index in [-0.39, 0.29) is 5.56 Å². The molecule has 23 heavy (non-hydrogen) atoms. The van der Waals surface area contributed by atoms with Crippen molar-refractivity contribution < 1.29 is 9.90 Å². The number of aromatic carboxylic acids is 1. The molecule has 5 nitrogen and oxygen atoms in total. The fourth-order valence-corrected chi connectivity index (χ4v) is 2.36. The predicted octanol–water partition coefficient (Wildman–Crippen LogP) is 3.68. The van der Waals surface area contributed by atoms with Crippen LogP contribution < -0.4 is 5.73 Å². The number of pyridine rings is 1. The summed E-state index contributed by atoms with van der Waals surface area (Å²) in [6, 6.07) is 17.3. The molecule has 0 bridgehead atoms. The topological polar surface area (TPSA) is 92.0 Å². The van der Waals surface area contributed by atoms with Crippen LogP contribution in [0, 0.1) is 0 Å². The van der Waals surface area contributed by atoms with Crippen LogP contribution in [0.3, 0.4) is 0 Å². The Hall–Kier alpha value is -3.34. The molecule has 4 rings (SSSR count). The average Bonchev–Trinajstić information content (AvgIpc) is 2.93. The number of fused-ring (bicyclic) bond motifs is 3. The average molecular weight is 305 g/mol. The smallest absolute Gasteiger partial charge is 0.337 e. The van der Waals surface area contributed by atoms with Gasteiger partial charge in [-0.05, 0) is 30.3 Å². The van der Waals surface area contributed by atoms with Crippen molar-refractivity contribution in [3.05, 3.63) is 72.6 Å². The van der Waals surface area contributed by atoms with Crippen molar-refractivity contribution >= 4 is 33.5 Å². The van der Waals surface area contributed by atoms with Gasteiger partial charge in [-0.2, -0.15) is 0 Å². The van der Waals surface area contributed by atoms with E-state index in [1.54, 1.807) is 6.07 Å². The maximum atomic E-state index is 10.2. The number of nitrogens with zero attached hydrogens (tertiary/aromatic N) is 1.